The van der Waals surface area contributed by atoms with E-state index in [-0.39, 0.29) is 0 Å². The standard InChI is InChI=1S/C18H35NSi/c1-9-18(10-2)11-13-19(14-12-18)20(15(3)4,16(5)6)17(7)8/h11-17H,9-10H2,1-8H3. The van der Waals surface area contributed by atoms with Crippen molar-refractivity contribution in [2.24, 2.45) is 5.41 Å². The van der Waals surface area contributed by atoms with Crippen molar-refractivity contribution in [2.45, 2.75) is 84.9 Å². The Labute approximate surface area is 128 Å². The van der Waals surface area contributed by atoms with Gasteiger partial charge in [-0.3, -0.25) is 0 Å². The van der Waals surface area contributed by atoms with Crippen LogP contribution in [0.5, 0.6) is 0 Å². The van der Waals surface area contributed by atoms with E-state index in [4.69, 9.17) is 0 Å². The Morgan fingerprint density at radius 1 is 0.800 bits per heavy atom. The summed E-state index contributed by atoms with van der Waals surface area (Å²) in [5.74, 6) is 0. The summed E-state index contributed by atoms with van der Waals surface area (Å²) >= 11 is 0. The van der Waals surface area contributed by atoms with Crippen molar-refractivity contribution < 1.29 is 0 Å². The topological polar surface area (TPSA) is 3.24 Å². The van der Waals surface area contributed by atoms with E-state index in [0.29, 0.717) is 5.41 Å². The number of rotatable bonds is 6. The normalized spacial score (nSPS) is 18.6. The van der Waals surface area contributed by atoms with Gasteiger partial charge in [0.05, 0.1) is 0 Å². The highest BCUT2D eigenvalue weighted by atomic mass is 28.3. The van der Waals surface area contributed by atoms with Crippen LogP contribution in [-0.4, -0.2) is 12.8 Å². The average Bonchev–Trinajstić information content (AvgIpc) is 2.39. The number of hydrogen-bond donors (Lipinski definition) is 0. The minimum absolute atomic E-state index is 0.293. The van der Waals surface area contributed by atoms with Crippen LogP contribution in [0.15, 0.2) is 24.6 Å². The molecule has 0 atom stereocenters. The second-order valence-electron chi connectivity index (χ2n) is 7.33. The third kappa shape index (κ3) is 2.77. The summed E-state index contributed by atoms with van der Waals surface area (Å²) in [5, 5.41) is 0. The zero-order chi connectivity index (χ0) is 15.6. The summed E-state index contributed by atoms with van der Waals surface area (Å²) in [6.07, 6.45) is 12.1. The zero-order valence-electron chi connectivity index (χ0n) is 14.9. The van der Waals surface area contributed by atoms with Gasteiger partial charge in [-0.1, -0.05) is 67.5 Å². The lowest BCUT2D eigenvalue weighted by Crippen LogP contribution is -2.56. The summed E-state index contributed by atoms with van der Waals surface area (Å²) in [4.78, 5) is 0. The first-order valence-electron chi connectivity index (χ1n) is 8.44. The van der Waals surface area contributed by atoms with Crippen LogP contribution in [-0.2, 0) is 0 Å². The van der Waals surface area contributed by atoms with E-state index in [0.717, 1.165) is 16.6 Å². The van der Waals surface area contributed by atoms with Crippen LogP contribution in [0, 0.1) is 5.41 Å². The molecule has 0 aromatic rings. The Hall–Kier alpha value is -0.503. The van der Waals surface area contributed by atoms with Gasteiger partial charge in [0, 0.05) is 5.41 Å². The maximum Gasteiger partial charge on any atom is 0.168 e. The molecule has 1 heterocycles. The van der Waals surface area contributed by atoms with E-state index in [1.807, 2.05) is 0 Å². The quantitative estimate of drug-likeness (QED) is 0.519. The first-order valence-corrected chi connectivity index (χ1v) is 10.6. The molecular weight excluding hydrogens is 258 g/mol. The number of nitrogens with zero attached hydrogens (tertiary/aromatic N) is 1. The van der Waals surface area contributed by atoms with Gasteiger partial charge in [0.25, 0.3) is 0 Å². The fourth-order valence-electron chi connectivity index (χ4n) is 4.44. The van der Waals surface area contributed by atoms with Crippen LogP contribution in [0.4, 0.5) is 0 Å². The zero-order valence-corrected chi connectivity index (χ0v) is 15.9. The van der Waals surface area contributed by atoms with Crippen LogP contribution >= 0.6 is 0 Å². The SMILES string of the molecule is CCC1(CC)C=CN([Si](C(C)C)(C(C)C)C(C)C)C=C1. The van der Waals surface area contributed by atoms with E-state index < -0.39 is 8.24 Å². The van der Waals surface area contributed by atoms with E-state index in [9.17, 15) is 0 Å². The Kier molecular flexibility index (Phi) is 5.71. The van der Waals surface area contributed by atoms with Gasteiger partial charge in [0.2, 0.25) is 0 Å². The third-order valence-corrected chi connectivity index (χ3v) is 12.4. The van der Waals surface area contributed by atoms with Gasteiger partial charge in [0.15, 0.2) is 8.24 Å². The molecule has 1 rings (SSSR count). The second-order valence-corrected chi connectivity index (χ2v) is 13.1. The van der Waals surface area contributed by atoms with Crippen LogP contribution in [0.3, 0.4) is 0 Å². The molecule has 0 bridgehead atoms. The van der Waals surface area contributed by atoms with Gasteiger partial charge < -0.3 is 4.57 Å². The molecule has 0 radical (unpaired) electrons. The van der Waals surface area contributed by atoms with Crippen molar-refractivity contribution in [1.29, 1.82) is 0 Å². The Balaban J connectivity index is 3.18. The van der Waals surface area contributed by atoms with Crippen LogP contribution in [0.25, 0.3) is 0 Å². The van der Waals surface area contributed by atoms with Gasteiger partial charge in [-0.15, -0.1) is 0 Å². The largest absolute Gasteiger partial charge is 0.380 e. The highest BCUT2D eigenvalue weighted by Crippen LogP contribution is 2.46. The van der Waals surface area contributed by atoms with Crippen molar-refractivity contribution in [2.75, 3.05) is 0 Å². The lowest BCUT2D eigenvalue weighted by atomic mass is 9.81. The molecule has 0 saturated carbocycles. The molecule has 116 valence electrons. The average molecular weight is 294 g/mol. The van der Waals surface area contributed by atoms with Crippen molar-refractivity contribution in [1.82, 2.24) is 4.57 Å². The Bertz CT molecular complexity index is 324. The minimum atomic E-state index is -1.56. The maximum atomic E-state index is 2.64. The van der Waals surface area contributed by atoms with E-state index in [1.54, 1.807) is 0 Å². The van der Waals surface area contributed by atoms with E-state index >= 15 is 0 Å². The molecule has 0 aliphatic carbocycles. The summed E-state index contributed by atoms with van der Waals surface area (Å²) in [6.45, 7) is 19.2. The number of hydrogen-bond acceptors (Lipinski definition) is 1. The summed E-state index contributed by atoms with van der Waals surface area (Å²) < 4.78 is 2.64. The monoisotopic (exact) mass is 293 g/mol. The molecule has 0 aromatic carbocycles. The smallest absolute Gasteiger partial charge is 0.168 e. The van der Waals surface area contributed by atoms with Gasteiger partial charge in [-0.05, 0) is 41.9 Å². The Morgan fingerprint density at radius 2 is 1.15 bits per heavy atom. The highest BCUT2D eigenvalue weighted by Gasteiger charge is 2.47. The summed E-state index contributed by atoms with van der Waals surface area (Å²) in [7, 11) is -1.56. The lowest BCUT2D eigenvalue weighted by Gasteiger charge is -2.51. The maximum absolute atomic E-state index is 2.64. The first kappa shape index (κ1) is 17.5. The highest BCUT2D eigenvalue weighted by molar-refractivity contribution is 6.81. The molecule has 20 heavy (non-hydrogen) atoms. The molecule has 1 aliphatic heterocycles. The van der Waals surface area contributed by atoms with E-state index in [2.05, 4.69) is 84.5 Å². The molecular formula is C18H35NSi. The molecule has 0 N–H and O–H groups in total. The van der Waals surface area contributed by atoms with E-state index in [1.165, 1.54) is 12.8 Å². The first-order chi connectivity index (χ1) is 9.26. The lowest BCUT2D eigenvalue weighted by molar-refractivity contribution is 0.430. The second kappa shape index (κ2) is 6.51. The van der Waals surface area contributed by atoms with Gasteiger partial charge in [-0.2, -0.15) is 0 Å². The molecule has 0 aromatic heterocycles. The van der Waals surface area contributed by atoms with Crippen molar-refractivity contribution in [3.05, 3.63) is 24.6 Å². The third-order valence-electron chi connectivity index (χ3n) is 5.67. The molecule has 1 nitrogen and oxygen atoms in total. The summed E-state index contributed by atoms with van der Waals surface area (Å²) in [5.41, 5.74) is 2.56. The molecule has 0 amide bonds. The van der Waals surface area contributed by atoms with Gasteiger partial charge in [-0.25, -0.2) is 0 Å². The van der Waals surface area contributed by atoms with Gasteiger partial charge in [0.1, 0.15) is 0 Å². The van der Waals surface area contributed by atoms with Crippen molar-refractivity contribution in [3.8, 4) is 0 Å². The molecule has 0 unspecified atom stereocenters. The molecule has 1 aliphatic rings. The molecule has 0 saturated heterocycles. The van der Waals surface area contributed by atoms with Crippen molar-refractivity contribution >= 4 is 8.24 Å². The predicted octanol–water partition coefficient (Wildman–Crippen LogP) is 6.31. The molecule has 0 spiro atoms. The van der Waals surface area contributed by atoms with Gasteiger partial charge >= 0.3 is 0 Å². The van der Waals surface area contributed by atoms with Crippen LogP contribution in [0.1, 0.15) is 68.2 Å². The van der Waals surface area contributed by atoms with Crippen LogP contribution in [0.2, 0.25) is 16.6 Å². The number of allylic oxidation sites excluding steroid dienone is 2. The van der Waals surface area contributed by atoms with Crippen molar-refractivity contribution in [3.63, 3.8) is 0 Å². The summed E-state index contributed by atoms with van der Waals surface area (Å²) in [6, 6.07) is 0. The fraction of sp³-hybridized carbons (Fsp3) is 0.778. The molecule has 2 heteroatoms. The Morgan fingerprint density at radius 3 is 1.40 bits per heavy atom. The van der Waals surface area contributed by atoms with Crippen LogP contribution < -0.4 is 0 Å². The predicted molar refractivity (Wildman–Crippen MR) is 94.2 cm³/mol. The minimum Gasteiger partial charge on any atom is -0.380 e. The fourth-order valence-corrected chi connectivity index (χ4v) is 10.9. The molecule has 0 fully saturated rings.